The lowest BCUT2D eigenvalue weighted by Crippen LogP contribution is -2.64. The van der Waals surface area contributed by atoms with E-state index in [1.54, 1.807) is 30.3 Å². The number of benzene rings is 2. The van der Waals surface area contributed by atoms with E-state index in [0.717, 1.165) is 17.7 Å². The third kappa shape index (κ3) is 3.80. The number of nitrogens with zero attached hydrogens (tertiary/aromatic N) is 2. The van der Waals surface area contributed by atoms with Crippen LogP contribution in [-0.4, -0.2) is 40.4 Å². The first kappa shape index (κ1) is 21.4. The monoisotopic (exact) mass is 449 g/mol. The summed E-state index contributed by atoms with van der Waals surface area (Å²) < 4.78 is 43.1. The topological polar surface area (TPSA) is 61.8 Å². The molecule has 1 heterocycles. The first-order valence-electron chi connectivity index (χ1n) is 9.87. The number of hydrogen-bond donors (Lipinski definition) is 1. The summed E-state index contributed by atoms with van der Waals surface area (Å²) in [4.78, 5) is 31.0. The van der Waals surface area contributed by atoms with Gasteiger partial charge in [-0.15, -0.1) is 0 Å². The van der Waals surface area contributed by atoms with Crippen LogP contribution in [0.3, 0.4) is 0 Å². The number of halogens is 4. The zero-order valence-corrected chi connectivity index (χ0v) is 17.1. The smallest absolute Gasteiger partial charge is 0.312 e. The number of rotatable bonds is 4. The minimum atomic E-state index is -5.15. The molecule has 162 valence electrons. The molecule has 4 rings (SSSR count). The average Bonchev–Trinajstić information content (AvgIpc) is 3.35. The molecule has 0 saturated heterocycles. The molecule has 2 aliphatic rings. The maximum atomic E-state index is 14.4. The summed E-state index contributed by atoms with van der Waals surface area (Å²) in [6, 6.07) is 13.3. The van der Waals surface area contributed by atoms with Crippen molar-refractivity contribution in [1.82, 2.24) is 10.2 Å². The van der Waals surface area contributed by atoms with Crippen molar-refractivity contribution in [2.24, 2.45) is 4.99 Å². The van der Waals surface area contributed by atoms with Gasteiger partial charge in [-0.2, -0.15) is 13.2 Å². The Kier molecular flexibility index (Phi) is 5.51. The zero-order chi connectivity index (χ0) is 22.2. The number of amidine groups is 1. The van der Waals surface area contributed by atoms with Gasteiger partial charge in [-0.05, 0) is 31.0 Å². The molecule has 2 aromatic rings. The van der Waals surface area contributed by atoms with Crippen molar-refractivity contribution in [1.29, 1.82) is 0 Å². The third-order valence-corrected chi connectivity index (χ3v) is 5.78. The third-order valence-electron chi connectivity index (χ3n) is 5.54. The Labute approximate surface area is 181 Å². The molecule has 31 heavy (non-hydrogen) atoms. The van der Waals surface area contributed by atoms with Crippen molar-refractivity contribution in [3.63, 3.8) is 0 Å². The van der Waals surface area contributed by atoms with Crippen LogP contribution in [0.25, 0.3) is 0 Å². The highest BCUT2D eigenvalue weighted by Gasteiger charge is 2.68. The van der Waals surface area contributed by atoms with Crippen LogP contribution in [0, 0.1) is 0 Å². The molecule has 2 aromatic carbocycles. The Morgan fingerprint density at radius 2 is 1.77 bits per heavy atom. The van der Waals surface area contributed by atoms with Crippen LogP contribution < -0.4 is 5.32 Å². The van der Waals surface area contributed by atoms with Crippen LogP contribution in [0.1, 0.15) is 41.6 Å². The van der Waals surface area contributed by atoms with E-state index in [4.69, 9.17) is 11.6 Å². The van der Waals surface area contributed by atoms with Crippen molar-refractivity contribution in [3.05, 3.63) is 70.7 Å². The van der Waals surface area contributed by atoms with Crippen LogP contribution in [-0.2, 0) is 4.79 Å². The summed E-state index contributed by atoms with van der Waals surface area (Å²) in [5, 5.41) is 2.07. The van der Waals surface area contributed by atoms with Gasteiger partial charge in [0.15, 0.2) is 0 Å². The molecule has 1 unspecified atom stereocenters. The predicted octanol–water partition coefficient (Wildman–Crippen LogP) is 4.56. The fraction of sp³-hybridized carbons (Fsp3) is 0.318. The second-order valence-corrected chi connectivity index (χ2v) is 8.02. The molecule has 0 aromatic heterocycles. The highest BCUT2D eigenvalue weighted by molar-refractivity contribution is 6.31. The second kappa shape index (κ2) is 8.00. The summed E-state index contributed by atoms with van der Waals surface area (Å²) in [6.07, 6.45) is -2.37. The first-order valence-corrected chi connectivity index (χ1v) is 10.2. The van der Waals surface area contributed by atoms with Gasteiger partial charge in [0.2, 0.25) is 0 Å². The molecule has 0 bridgehead atoms. The number of nitrogens with one attached hydrogen (secondary N) is 1. The zero-order valence-electron chi connectivity index (χ0n) is 16.3. The number of carbonyl (C=O) groups excluding carboxylic acids is 2. The van der Waals surface area contributed by atoms with E-state index in [9.17, 15) is 22.8 Å². The van der Waals surface area contributed by atoms with E-state index < -0.39 is 29.7 Å². The number of carbonyl (C=O) groups is 2. The van der Waals surface area contributed by atoms with Gasteiger partial charge in [-0.1, -0.05) is 60.8 Å². The molecule has 1 aliphatic carbocycles. The first-order chi connectivity index (χ1) is 14.7. The van der Waals surface area contributed by atoms with E-state index in [0.29, 0.717) is 18.4 Å². The number of alkyl halides is 3. The number of amides is 2. The molecule has 1 atom stereocenters. The maximum absolute atomic E-state index is 14.4. The molecular formula is C22H19ClF3N3O2. The highest BCUT2D eigenvalue weighted by atomic mass is 35.5. The lowest BCUT2D eigenvalue weighted by atomic mass is 10.1. The van der Waals surface area contributed by atoms with Gasteiger partial charge >= 0.3 is 11.8 Å². The van der Waals surface area contributed by atoms with Crippen LogP contribution in [0.15, 0.2) is 59.6 Å². The number of hydrogen-bond acceptors (Lipinski definition) is 3. The summed E-state index contributed by atoms with van der Waals surface area (Å²) >= 11 is 5.87. The normalized spacial score (nSPS) is 22.0. The van der Waals surface area contributed by atoms with Crippen molar-refractivity contribution in [2.45, 2.75) is 43.6 Å². The average molecular weight is 450 g/mol. The summed E-state index contributed by atoms with van der Waals surface area (Å²) in [5.74, 6) is -2.46. The fourth-order valence-corrected chi connectivity index (χ4v) is 4.22. The van der Waals surface area contributed by atoms with Gasteiger partial charge < -0.3 is 5.32 Å². The van der Waals surface area contributed by atoms with E-state index in [1.807, 2.05) is 5.32 Å². The maximum Gasteiger partial charge on any atom is 0.442 e. The van der Waals surface area contributed by atoms with Crippen LogP contribution in [0.4, 0.5) is 13.2 Å². The summed E-state index contributed by atoms with van der Waals surface area (Å²) in [7, 11) is 0. The van der Waals surface area contributed by atoms with E-state index in [1.165, 1.54) is 24.3 Å². The van der Waals surface area contributed by atoms with Crippen molar-refractivity contribution in [2.75, 3.05) is 0 Å². The van der Waals surface area contributed by atoms with Crippen LogP contribution in [0.5, 0.6) is 0 Å². The van der Waals surface area contributed by atoms with Crippen molar-refractivity contribution in [3.8, 4) is 0 Å². The molecular weight excluding hydrogens is 431 g/mol. The lowest BCUT2D eigenvalue weighted by molar-refractivity contribution is -0.196. The van der Waals surface area contributed by atoms with Gasteiger partial charge in [-0.25, -0.2) is 4.99 Å². The lowest BCUT2D eigenvalue weighted by Gasteiger charge is -2.31. The Hall–Kier alpha value is -2.87. The fourth-order valence-electron chi connectivity index (χ4n) is 4.03. The van der Waals surface area contributed by atoms with Crippen molar-refractivity contribution >= 4 is 29.3 Å². The largest absolute Gasteiger partial charge is 0.442 e. The standard InChI is InChI=1S/C22H19ClF3N3O2/c23-16-10-6-9-15(13-16)19(30)28-21(22(24,25)26)20(31)29(17-11-4-5-12-17)18(27-21)14-7-2-1-3-8-14/h1-3,6-10,13,17H,4-5,11-12H2,(H,28,30). The molecule has 9 heteroatoms. The van der Waals surface area contributed by atoms with E-state index >= 15 is 0 Å². The van der Waals surface area contributed by atoms with Crippen LogP contribution in [0.2, 0.25) is 5.02 Å². The number of aliphatic imine (C=N–C) groups is 1. The SMILES string of the molecule is O=C(NC1(C(F)(F)F)N=C(c2ccccc2)N(C2CCCC2)C1=O)c1cccc(Cl)c1. The molecule has 5 nitrogen and oxygen atoms in total. The predicted molar refractivity (Wildman–Crippen MR) is 110 cm³/mol. The Bertz CT molecular complexity index is 1040. The summed E-state index contributed by atoms with van der Waals surface area (Å²) in [6.45, 7) is 0. The van der Waals surface area contributed by atoms with E-state index in [-0.39, 0.29) is 16.4 Å². The second-order valence-electron chi connectivity index (χ2n) is 7.59. The van der Waals surface area contributed by atoms with E-state index in [2.05, 4.69) is 4.99 Å². The van der Waals surface area contributed by atoms with Crippen molar-refractivity contribution < 1.29 is 22.8 Å². The van der Waals surface area contributed by atoms with Gasteiger partial charge in [0.25, 0.3) is 11.8 Å². The summed E-state index contributed by atoms with van der Waals surface area (Å²) in [5.41, 5.74) is -3.12. The van der Waals surface area contributed by atoms with Gasteiger partial charge in [-0.3, -0.25) is 14.5 Å². The molecule has 0 radical (unpaired) electrons. The molecule has 1 saturated carbocycles. The Morgan fingerprint density at radius 1 is 1.10 bits per heavy atom. The molecule has 1 aliphatic heterocycles. The molecule has 1 N–H and O–H groups in total. The Morgan fingerprint density at radius 3 is 2.39 bits per heavy atom. The molecule has 0 spiro atoms. The highest BCUT2D eigenvalue weighted by Crippen LogP contribution is 2.41. The molecule has 1 fully saturated rings. The van der Waals surface area contributed by atoms with Gasteiger partial charge in [0.1, 0.15) is 5.84 Å². The quantitative estimate of drug-likeness (QED) is 0.743. The minimum absolute atomic E-state index is 0.0822. The van der Waals surface area contributed by atoms with Gasteiger partial charge in [0.05, 0.1) is 0 Å². The van der Waals surface area contributed by atoms with Crippen LogP contribution >= 0.6 is 11.6 Å². The Balaban J connectivity index is 1.81. The van der Waals surface area contributed by atoms with Gasteiger partial charge in [0, 0.05) is 22.2 Å². The molecule has 2 amide bonds. The minimum Gasteiger partial charge on any atom is -0.312 e.